The van der Waals surface area contributed by atoms with E-state index in [1.807, 2.05) is 6.92 Å². The quantitative estimate of drug-likeness (QED) is 0.541. The second-order valence-electron chi connectivity index (χ2n) is 2.49. The summed E-state index contributed by atoms with van der Waals surface area (Å²) in [5, 5.41) is -0.249. The molecule has 0 N–H and O–H groups in total. The fraction of sp³-hybridized carbons (Fsp3) is 1.00. The SMILES string of the molecule is CCC1CCCOS1(=O)=O. The van der Waals surface area contributed by atoms with Crippen molar-refractivity contribution in [3.63, 3.8) is 0 Å². The molecule has 0 aliphatic carbocycles. The monoisotopic (exact) mass is 164 g/mol. The molecule has 0 saturated carbocycles. The van der Waals surface area contributed by atoms with E-state index in [-0.39, 0.29) is 5.25 Å². The van der Waals surface area contributed by atoms with Crippen LogP contribution >= 0.6 is 0 Å². The fourth-order valence-corrected chi connectivity index (χ4v) is 2.54. The molecule has 1 fully saturated rings. The van der Waals surface area contributed by atoms with Gasteiger partial charge in [0.2, 0.25) is 0 Å². The van der Waals surface area contributed by atoms with E-state index < -0.39 is 10.1 Å². The van der Waals surface area contributed by atoms with Crippen molar-refractivity contribution in [3.05, 3.63) is 0 Å². The lowest BCUT2D eigenvalue weighted by atomic mass is 10.2. The molecule has 1 aliphatic heterocycles. The molecule has 0 amide bonds. The number of rotatable bonds is 1. The predicted molar refractivity (Wildman–Crippen MR) is 38.2 cm³/mol. The molecule has 60 valence electrons. The van der Waals surface area contributed by atoms with Gasteiger partial charge in [-0.2, -0.15) is 8.42 Å². The van der Waals surface area contributed by atoms with Crippen molar-refractivity contribution in [1.29, 1.82) is 0 Å². The highest BCUT2D eigenvalue weighted by Gasteiger charge is 2.27. The summed E-state index contributed by atoms with van der Waals surface area (Å²) in [7, 11) is -3.17. The highest BCUT2D eigenvalue weighted by atomic mass is 32.2. The molecule has 0 aromatic heterocycles. The zero-order valence-corrected chi connectivity index (χ0v) is 6.86. The van der Waals surface area contributed by atoms with Crippen molar-refractivity contribution in [3.8, 4) is 0 Å². The van der Waals surface area contributed by atoms with Gasteiger partial charge in [-0.05, 0) is 19.3 Å². The first-order chi connectivity index (χ1) is 4.67. The molecule has 1 unspecified atom stereocenters. The van der Waals surface area contributed by atoms with Crippen LogP contribution in [0.15, 0.2) is 0 Å². The van der Waals surface area contributed by atoms with Crippen molar-refractivity contribution in [1.82, 2.24) is 0 Å². The van der Waals surface area contributed by atoms with Gasteiger partial charge in [-0.15, -0.1) is 0 Å². The van der Waals surface area contributed by atoms with E-state index in [0.717, 1.165) is 12.8 Å². The Bertz CT molecular complexity index is 195. The van der Waals surface area contributed by atoms with Crippen molar-refractivity contribution >= 4 is 10.1 Å². The van der Waals surface area contributed by atoms with Gasteiger partial charge in [-0.3, -0.25) is 4.18 Å². The van der Waals surface area contributed by atoms with Gasteiger partial charge in [-0.25, -0.2) is 0 Å². The Labute approximate surface area is 61.5 Å². The van der Waals surface area contributed by atoms with Crippen molar-refractivity contribution in [2.45, 2.75) is 31.4 Å². The van der Waals surface area contributed by atoms with Crippen LogP contribution in [0.2, 0.25) is 0 Å². The van der Waals surface area contributed by atoms with Crippen LogP contribution in [0.4, 0.5) is 0 Å². The number of hydrogen-bond donors (Lipinski definition) is 0. The van der Waals surface area contributed by atoms with Crippen molar-refractivity contribution in [2.75, 3.05) is 6.61 Å². The van der Waals surface area contributed by atoms with Gasteiger partial charge in [0.05, 0.1) is 11.9 Å². The zero-order valence-electron chi connectivity index (χ0n) is 6.04. The molecule has 3 nitrogen and oxygen atoms in total. The summed E-state index contributed by atoms with van der Waals surface area (Å²) in [6.07, 6.45) is 2.30. The number of hydrogen-bond acceptors (Lipinski definition) is 3. The van der Waals surface area contributed by atoms with E-state index in [1.54, 1.807) is 0 Å². The van der Waals surface area contributed by atoms with Gasteiger partial charge in [0, 0.05) is 0 Å². The molecule has 0 spiro atoms. The summed E-state index contributed by atoms with van der Waals surface area (Å²) in [5.74, 6) is 0. The lowest BCUT2D eigenvalue weighted by molar-refractivity contribution is 0.274. The molecule has 0 aromatic rings. The van der Waals surface area contributed by atoms with Gasteiger partial charge in [0.1, 0.15) is 0 Å². The predicted octanol–water partition coefficient (Wildman–Crippen LogP) is 0.905. The molecule has 10 heavy (non-hydrogen) atoms. The minimum atomic E-state index is -3.17. The third kappa shape index (κ3) is 1.49. The molecular weight excluding hydrogens is 152 g/mol. The van der Waals surface area contributed by atoms with Crippen LogP contribution < -0.4 is 0 Å². The summed E-state index contributed by atoms with van der Waals surface area (Å²) in [6.45, 7) is 2.25. The topological polar surface area (TPSA) is 43.4 Å². The largest absolute Gasteiger partial charge is 0.270 e. The maximum atomic E-state index is 11.0. The van der Waals surface area contributed by atoms with Gasteiger partial charge in [0.15, 0.2) is 0 Å². The molecule has 0 bridgehead atoms. The molecule has 1 heterocycles. The smallest absolute Gasteiger partial charge is 0.270 e. The van der Waals surface area contributed by atoms with Crippen LogP contribution in [0.5, 0.6) is 0 Å². The molecule has 0 radical (unpaired) electrons. The van der Waals surface area contributed by atoms with Gasteiger partial charge in [-0.1, -0.05) is 6.92 Å². The molecule has 1 aliphatic rings. The summed E-state index contributed by atoms with van der Waals surface area (Å²) in [4.78, 5) is 0. The Kier molecular flexibility index (Phi) is 2.31. The molecular formula is C6H12O3S. The first-order valence-corrected chi connectivity index (χ1v) is 5.02. The standard InChI is InChI=1S/C6H12O3S/c1-2-6-4-3-5-9-10(6,7)8/h6H,2-5H2,1H3. The average Bonchev–Trinajstić information content (AvgIpc) is 1.87. The molecule has 1 atom stereocenters. The van der Waals surface area contributed by atoms with Crippen LogP contribution in [-0.4, -0.2) is 20.3 Å². The molecule has 0 aromatic carbocycles. The Balaban J connectivity index is 2.70. The summed E-state index contributed by atoms with van der Waals surface area (Å²) < 4.78 is 26.6. The lowest BCUT2D eigenvalue weighted by Gasteiger charge is -2.19. The molecule has 4 heteroatoms. The Hall–Kier alpha value is -0.0900. The van der Waals surface area contributed by atoms with E-state index in [1.165, 1.54) is 0 Å². The van der Waals surface area contributed by atoms with E-state index >= 15 is 0 Å². The first kappa shape index (κ1) is 8.01. The van der Waals surface area contributed by atoms with E-state index in [0.29, 0.717) is 13.0 Å². The van der Waals surface area contributed by atoms with Crippen LogP contribution in [0.25, 0.3) is 0 Å². The Morgan fingerprint density at radius 2 is 2.30 bits per heavy atom. The highest BCUT2D eigenvalue weighted by Crippen LogP contribution is 2.19. The Morgan fingerprint density at radius 1 is 1.60 bits per heavy atom. The third-order valence-electron chi connectivity index (χ3n) is 1.78. The Morgan fingerprint density at radius 3 is 2.70 bits per heavy atom. The zero-order chi connectivity index (χ0) is 7.61. The second-order valence-corrected chi connectivity index (χ2v) is 4.38. The van der Waals surface area contributed by atoms with Crippen molar-refractivity contribution in [2.24, 2.45) is 0 Å². The van der Waals surface area contributed by atoms with Gasteiger partial charge in [0.25, 0.3) is 10.1 Å². The third-order valence-corrected chi connectivity index (χ3v) is 3.66. The second kappa shape index (κ2) is 2.88. The van der Waals surface area contributed by atoms with E-state index in [9.17, 15) is 8.42 Å². The summed E-state index contributed by atoms with van der Waals surface area (Å²) >= 11 is 0. The van der Waals surface area contributed by atoms with E-state index in [4.69, 9.17) is 0 Å². The van der Waals surface area contributed by atoms with Crippen LogP contribution in [0, 0.1) is 0 Å². The van der Waals surface area contributed by atoms with Gasteiger partial charge >= 0.3 is 0 Å². The van der Waals surface area contributed by atoms with E-state index in [2.05, 4.69) is 4.18 Å². The van der Waals surface area contributed by atoms with Crippen LogP contribution in [-0.2, 0) is 14.3 Å². The first-order valence-electron chi connectivity index (χ1n) is 3.55. The van der Waals surface area contributed by atoms with Crippen molar-refractivity contribution < 1.29 is 12.6 Å². The maximum Gasteiger partial charge on any atom is 0.270 e. The average molecular weight is 164 g/mol. The lowest BCUT2D eigenvalue weighted by Crippen LogP contribution is -2.28. The summed E-state index contributed by atoms with van der Waals surface area (Å²) in [5.41, 5.74) is 0. The molecule has 1 saturated heterocycles. The normalized spacial score (nSPS) is 31.9. The molecule has 1 rings (SSSR count). The van der Waals surface area contributed by atoms with Crippen LogP contribution in [0.3, 0.4) is 0 Å². The maximum absolute atomic E-state index is 11.0. The fourth-order valence-electron chi connectivity index (χ4n) is 1.13. The summed E-state index contributed by atoms with van der Waals surface area (Å²) in [6, 6.07) is 0. The van der Waals surface area contributed by atoms with Gasteiger partial charge < -0.3 is 0 Å². The minimum Gasteiger partial charge on any atom is -0.270 e. The highest BCUT2D eigenvalue weighted by molar-refractivity contribution is 7.87. The minimum absolute atomic E-state index is 0.249. The van der Waals surface area contributed by atoms with Crippen LogP contribution in [0.1, 0.15) is 26.2 Å².